The van der Waals surface area contributed by atoms with Crippen LogP contribution in [0, 0.1) is 6.57 Å². The highest BCUT2D eigenvalue weighted by Crippen LogP contribution is 2.41. The van der Waals surface area contributed by atoms with Gasteiger partial charge < -0.3 is 5.32 Å². The fourth-order valence-corrected chi connectivity index (χ4v) is 2.26. The average Bonchev–Trinajstić information content (AvgIpc) is 3.00. The number of carbonyl (C=O) groups is 1. The number of nitrogens with zero attached hydrogens (tertiary/aromatic N) is 2. The number of halogens is 9. The van der Waals surface area contributed by atoms with Crippen LogP contribution in [-0.4, -0.2) is 29.5 Å². The van der Waals surface area contributed by atoms with Crippen molar-refractivity contribution in [2.45, 2.75) is 30.5 Å². The number of benzene rings is 1. The zero-order valence-corrected chi connectivity index (χ0v) is 13.1. The summed E-state index contributed by atoms with van der Waals surface area (Å²) in [5.41, 5.74) is -7.82. The molecule has 2 N–H and O–H groups in total. The minimum Gasteiger partial charge on any atom is -0.324 e. The van der Waals surface area contributed by atoms with Gasteiger partial charge in [-0.15, -0.1) is 0 Å². The molecule has 2 rings (SSSR count). The number of amides is 1. The van der Waals surface area contributed by atoms with Gasteiger partial charge in [-0.3, -0.25) is 10.2 Å². The molecule has 0 saturated heterocycles. The van der Waals surface area contributed by atoms with E-state index in [2.05, 4.69) is 9.95 Å². The van der Waals surface area contributed by atoms with E-state index in [1.54, 1.807) is 0 Å². The molecule has 28 heavy (non-hydrogen) atoms. The van der Waals surface area contributed by atoms with Crippen LogP contribution in [0.25, 0.3) is 4.85 Å². The predicted molar refractivity (Wildman–Crippen MR) is 76.4 cm³/mol. The lowest BCUT2D eigenvalue weighted by Gasteiger charge is -2.30. The summed E-state index contributed by atoms with van der Waals surface area (Å²) < 4.78 is 117. The molecule has 1 aliphatic heterocycles. The molecule has 0 aliphatic carbocycles. The quantitative estimate of drug-likeness (QED) is 0.553. The molecule has 0 bridgehead atoms. The van der Waals surface area contributed by atoms with Crippen molar-refractivity contribution < 1.29 is 44.3 Å². The number of rotatable bonds is 2. The van der Waals surface area contributed by atoms with Gasteiger partial charge in [0.15, 0.2) is 5.69 Å². The van der Waals surface area contributed by atoms with Gasteiger partial charge in [-0.1, -0.05) is 6.07 Å². The third-order valence-electron chi connectivity index (χ3n) is 3.69. The van der Waals surface area contributed by atoms with Gasteiger partial charge in [-0.05, 0) is 12.1 Å². The molecule has 1 unspecified atom stereocenters. The Morgan fingerprint density at radius 1 is 1.11 bits per heavy atom. The van der Waals surface area contributed by atoms with E-state index in [1.165, 1.54) is 5.32 Å². The Labute approximate surface area is 150 Å². The molecule has 0 saturated carbocycles. The van der Waals surface area contributed by atoms with Crippen molar-refractivity contribution in [2.24, 2.45) is 5.10 Å². The molecular formula is C14H7F9N4O. The van der Waals surface area contributed by atoms with Gasteiger partial charge in [0.2, 0.25) is 5.54 Å². The molecule has 14 heteroatoms. The molecule has 1 aromatic carbocycles. The lowest BCUT2D eigenvalue weighted by Crippen LogP contribution is -2.61. The van der Waals surface area contributed by atoms with Crippen molar-refractivity contribution in [3.63, 3.8) is 0 Å². The van der Waals surface area contributed by atoms with Crippen molar-refractivity contribution in [2.75, 3.05) is 5.32 Å². The number of anilines is 1. The van der Waals surface area contributed by atoms with E-state index < -0.39 is 59.0 Å². The van der Waals surface area contributed by atoms with E-state index in [9.17, 15) is 44.3 Å². The summed E-state index contributed by atoms with van der Waals surface area (Å²) in [7, 11) is 0. The maximum Gasteiger partial charge on any atom is 0.431 e. The fourth-order valence-electron chi connectivity index (χ4n) is 2.26. The molecule has 1 aliphatic rings. The van der Waals surface area contributed by atoms with Gasteiger partial charge in [0.05, 0.1) is 12.1 Å². The number of hydrogen-bond donors (Lipinski definition) is 2. The second-order valence-electron chi connectivity index (χ2n) is 5.54. The van der Waals surface area contributed by atoms with Gasteiger partial charge in [0.25, 0.3) is 5.91 Å². The number of alkyl halides is 9. The van der Waals surface area contributed by atoms with Crippen LogP contribution in [0.5, 0.6) is 0 Å². The van der Waals surface area contributed by atoms with Crippen LogP contribution in [0.1, 0.15) is 12.0 Å². The Morgan fingerprint density at radius 3 is 2.14 bits per heavy atom. The largest absolute Gasteiger partial charge is 0.431 e. The van der Waals surface area contributed by atoms with Crippen LogP contribution in [0.4, 0.5) is 50.9 Å². The SMILES string of the molecule is [C-]#[N+]c1ccc(NC(=O)C2(C(F)(F)F)CC(C(F)(F)F)=NN2)cc1C(F)(F)F. The summed E-state index contributed by atoms with van der Waals surface area (Å²) in [6.45, 7) is 6.66. The highest BCUT2D eigenvalue weighted by Gasteiger charge is 2.65. The van der Waals surface area contributed by atoms with Gasteiger partial charge in [0, 0.05) is 12.1 Å². The van der Waals surface area contributed by atoms with Crippen LogP contribution in [0.15, 0.2) is 23.3 Å². The molecule has 0 aromatic heterocycles. The van der Waals surface area contributed by atoms with Gasteiger partial charge >= 0.3 is 18.5 Å². The topological polar surface area (TPSA) is 57.9 Å². The molecule has 0 fully saturated rings. The lowest BCUT2D eigenvalue weighted by molar-refractivity contribution is -0.193. The highest BCUT2D eigenvalue weighted by atomic mass is 19.4. The number of hydrogen-bond acceptors (Lipinski definition) is 3. The standard InChI is InChI=1S/C14H7F9N4O/c1-24-8-3-2-6(4-7(8)12(15,16)17)25-10(28)11(14(21,22)23)5-9(26-27-11)13(18,19)20/h2-4,27H,5H2,(H,25,28). The molecule has 0 spiro atoms. The first kappa shape index (κ1) is 21.3. The molecule has 1 heterocycles. The molecular weight excluding hydrogens is 411 g/mol. The first-order valence-electron chi connectivity index (χ1n) is 6.99. The zero-order valence-electron chi connectivity index (χ0n) is 13.1. The first-order valence-corrected chi connectivity index (χ1v) is 6.99. The Bertz CT molecular complexity index is 864. The fraction of sp³-hybridized carbons (Fsp3) is 0.357. The van der Waals surface area contributed by atoms with Crippen molar-refractivity contribution in [1.29, 1.82) is 0 Å². The Balaban J connectivity index is 2.38. The number of nitrogens with one attached hydrogen (secondary N) is 2. The molecule has 1 atom stereocenters. The normalized spacial score (nSPS) is 20.2. The van der Waals surface area contributed by atoms with E-state index in [0.29, 0.717) is 12.1 Å². The first-order chi connectivity index (χ1) is 12.6. The molecule has 1 amide bonds. The summed E-state index contributed by atoms with van der Waals surface area (Å²) in [5, 5.41) is 4.02. The van der Waals surface area contributed by atoms with Crippen LogP contribution >= 0.6 is 0 Å². The molecule has 0 radical (unpaired) electrons. The van der Waals surface area contributed by atoms with Crippen molar-refractivity contribution in [3.8, 4) is 0 Å². The summed E-state index contributed by atoms with van der Waals surface area (Å²) in [4.78, 5) is 14.7. The maximum atomic E-state index is 13.3. The highest BCUT2D eigenvalue weighted by molar-refractivity contribution is 6.05. The minimum absolute atomic E-state index is 0.204. The summed E-state index contributed by atoms with van der Waals surface area (Å²) in [6.07, 6.45) is -17.8. The van der Waals surface area contributed by atoms with Crippen molar-refractivity contribution in [3.05, 3.63) is 35.2 Å². The number of carbonyl (C=O) groups excluding carboxylic acids is 1. The summed E-state index contributed by atoms with van der Waals surface area (Å²) in [6, 6.07) is 1.52. The van der Waals surface area contributed by atoms with Crippen LogP contribution < -0.4 is 10.7 Å². The van der Waals surface area contributed by atoms with Crippen molar-refractivity contribution >= 4 is 23.0 Å². The Kier molecular flexibility index (Phi) is 5.00. The third kappa shape index (κ3) is 3.82. The Morgan fingerprint density at radius 2 is 1.71 bits per heavy atom. The third-order valence-corrected chi connectivity index (χ3v) is 3.69. The lowest BCUT2D eigenvalue weighted by atomic mass is 9.92. The van der Waals surface area contributed by atoms with Gasteiger partial charge in [0.1, 0.15) is 5.71 Å². The van der Waals surface area contributed by atoms with E-state index in [4.69, 9.17) is 6.57 Å². The minimum atomic E-state index is -5.56. The zero-order chi connectivity index (χ0) is 21.5. The van der Waals surface area contributed by atoms with E-state index in [0.717, 1.165) is 5.43 Å². The van der Waals surface area contributed by atoms with E-state index >= 15 is 0 Å². The van der Waals surface area contributed by atoms with Gasteiger partial charge in [-0.2, -0.15) is 44.6 Å². The number of hydrazone groups is 1. The van der Waals surface area contributed by atoms with E-state index in [1.807, 2.05) is 0 Å². The van der Waals surface area contributed by atoms with Crippen molar-refractivity contribution in [1.82, 2.24) is 5.43 Å². The van der Waals surface area contributed by atoms with Crippen LogP contribution in [-0.2, 0) is 11.0 Å². The summed E-state index contributed by atoms with van der Waals surface area (Å²) in [5.74, 6) is -2.09. The summed E-state index contributed by atoms with van der Waals surface area (Å²) >= 11 is 0. The monoisotopic (exact) mass is 418 g/mol. The smallest absolute Gasteiger partial charge is 0.324 e. The Hall–Kier alpha value is -2.98. The second kappa shape index (κ2) is 6.57. The maximum absolute atomic E-state index is 13.3. The predicted octanol–water partition coefficient (Wildman–Crippen LogP) is 4.41. The molecule has 1 aromatic rings. The van der Waals surface area contributed by atoms with E-state index in [-0.39, 0.29) is 6.07 Å². The van der Waals surface area contributed by atoms with Crippen LogP contribution in [0.3, 0.4) is 0 Å². The molecule has 5 nitrogen and oxygen atoms in total. The van der Waals surface area contributed by atoms with Crippen LogP contribution in [0.2, 0.25) is 0 Å². The van der Waals surface area contributed by atoms with Gasteiger partial charge in [-0.25, -0.2) is 4.85 Å². The second-order valence-corrected chi connectivity index (χ2v) is 5.54. The average molecular weight is 418 g/mol. The molecule has 152 valence electrons.